The fourth-order valence-corrected chi connectivity index (χ4v) is 2.31. The normalized spacial score (nSPS) is 9.96. The predicted molar refractivity (Wildman–Crippen MR) is 96.4 cm³/mol. The lowest BCUT2D eigenvalue weighted by molar-refractivity contribution is 0.0520. The minimum absolute atomic E-state index is 0.353. The second-order valence-electron chi connectivity index (χ2n) is 4.90. The van der Waals surface area contributed by atoms with Gasteiger partial charge in [-0.25, -0.2) is 4.79 Å². The number of ether oxygens (including phenoxy) is 2. The number of benzene rings is 2. The molecule has 0 spiro atoms. The Labute approximate surface area is 142 Å². The monoisotopic (exact) mass is 325 g/mol. The van der Waals surface area contributed by atoms with E-state index in [9.17, 15) is 4.79 Å². The van der Waals surface area contributed by atoms with E-state index in [-0.39, 0.29) is 5.97 Å². The molecule has 1 heterocycles. The SMILES string of the molecule is CC.CCOC(=O)c1cc2c(OCc3ccccc3)cccc2[nH]1. The Bertz CT molecular complexity index is 778. The predicted octanol–water partition coefficient (Wildman–Crippen LogP) is 4.95. The topological polar surface area (TPSA) is 51.3 Å². The van der Waals surface area contributed by atoms with Gasteiger partial charge in [-0.15, -0.1) is 0 Å². The first kappa shape index (κ1) is 17.6. The summed E-state index contributed by atoms with van der Waals surface area (Å²) < 4.78 is 10.9. The minimum Gasteiger partial charge on any atom is -0.488 e. The van der Waals surface area contributed by atoms with Crippen molar-refractivity contribution in [2.45, 2.75) is 27.4 Å². The van der Waals surface area contributed by atoms with Gasteiger partial charge in [-0.2, -0.15) is 0 Å². The molecule has 24 heavy (non-hydrogen) atoms. The van der Waals surface area contributed by atoms with Crippen molar-refractivity contribution in [2.24, 2.45) is 0 Å². The maximum Gasteiger partial charge on any atom is 0.354 e. The molecular formula is C20H23NO3. The van der Waals surface area contributed by atoms with Gasteiger partial charge in [-0.05, 0) is 30.7 Å². The van der Waals surface area contributed by atoms with Crippen LogP contribution in [-0.4, -0.2) is 17.6 Å². The lowest BCUT2D eigenvalue weighted by atomic mass is 10.2. The molecule has 0 unspecified atom stereocenters. The molecule has 0 bridgehead atoms. The van der Waals surface area contributed by atoms with Gasteiger partial charge in [0.25, 0.3) is 0 Å². The molecule has 4 nitrogen and oxygen atoms in total. The summed E-state index contributed by atoms with van der Waals surface area (Å²) in [6.45, 7) is 6.63. The molecule has 0 aliphatic heterocycles. The minimum atomic E-state index is -0.354. The third kappa shape index (κ3) is 4.16. The zero-order valence-corrected chi connectivity index (χ0v) is 14.3. The fraction of sp³-hybridized carbons (Fsp3) is 0.250. The molecule has 0 aliphatic carbocycles. The number of H-pyrrole nitrogens is 1. The van der Waals surface area contributed by atoms with Crippen LogP contribution in [0, 0.1) is 0 Å². The molecule has 1 aromatic heterocycles. The van der Waals surface area contributed by atoms with Crippen LogP contribution in [0.1, 0.15) is 36.8 Å². The molecule has 0 saturated carbocycles. The van der Waals surface area contributed by atoms with Crippen LogP contribution in [-0.2, 0) is 11.3 Å². The third-order valence-electron chi connectivity index (χ3n) is 3.36. The fourth-order valence-electron chi connectivity index (χ4n) is 2.31. The second-order valence-corrected chi connectivity index (χ2v) is 4.90. The number of hydrogen-bond acceptors (Lipinski definition) is 3. The van der Waals surface area contributed by atoms with Crippen LogP contribution in [0.4, 0.5) is 0 Å². The standard InChI is InChI=1S/C18H17NO3.C2H6/c1-2-21-18(20)16-11-14-15(19-16)9-6-10-17(14)22-12-13-7-4-3-5-8-13;1-2/h3-11,19H,2,12H2,1H3;1-2H3. The molecule has 1 N–H and O–H groups in total. The molecule has 0 atom stereocenters. The largest absolute Gasteiger partial charge is 0.488 e. The number of esters is 1. The molecule has 4 heteroatoms. The van der Waals surface area contributed by atoms with E-state index >= 15 is 0 Å². The Balaban J connectivity index is 0.00000100. The van der Waals surface area contributed by atoms with Crippen molar-refractivity contribution in [1.29, 1.82) is 0 Å². The van der Waals surface area contributed by atoms with Gasteiger partial charge in [0, 0.05) is 10.9 Å². The number of carbonyl (C=O) groups excluding carboxylic acids is 1. The Kier molecular flexibility index (Phi) is 6.43. The van der Waals surface area contributed by atoms with Crippen LogP contribution in [0.25, 0.3) is 10.9 Å². The summed E-state index contributed by atoms with van der Waals surface area (Å²) in [6, 6.07) is 17.4. The molecule has 3 aromatic rings. The average Bonchev–Trinajstić information content (AvgIpc) is 3.08. The molecule has 0 radical (unpaired) electrons. The Morgan fingerprint density at radius 3 is 2.50 bits per heavy atom. The molecule has 0 aliphatic rings. The molecule has 0 fully saturated rings. The van der Waals surface area contributed by atoms with Crippen molar-refractivity contribution in [3.63, 3.8) is 0 Å². The lowest BCUT2D eigenvalue weighted by Gasteiger charge is -2.07. The number of aromatic amines is 1. The van der Waals surface area contributed by atoms with E-state index < -0.39 is 0 Å². The van der Waals surface area contributed by atoms with Gasteiger partial charge in [0.05, 0.1) is 6.61 Å². The summed E-state index contributed by atoms with van der Waals surface area (Å²) in [4.78, 5) is 14.9. The highest BCUT2D eigenvalue weighted by Crippen LogP contribution is 2.27. The highest BCUT2D eigenvalue weighted by Gasteiger charge is 2.12. The van der Waals surface area contributed by atoms with Gasteiger partial charge in [0.15, 0.2) is 0 Å². The molecule has 0 amide bonds. The van der Waals surface area contributed by atoms with E-state index in [1.54, 1.807) is 13.0 Å². The zero-order chi connectivity index (χ0) is 17.4. The van der Waals surface area contributed by atoms with Crippen LogP contribution in [0.5, 0.6) is 5.75 Å². The van der Waals surface area contributed by atoms with Crippen LogP contribution in [0.3, 0.4) is 0 Å². The van der Waals surface area contributed by atoms with E-state index in [1.807, 2.05) is 62.4 Å². The highest BCUT2D eigenvalue weighted by molar-refractivity contribution is 5.97. The van der Waals surface area contributed by atoms with Crippen molar-refractivity contribution >= 4 is 16.9 Å². The van der Waals surface area contributed by atoms with E-state index in [2.05, 4.69) is 4.98 Å². The summed E-state index contributed by atoms with van der Waals surface area (Å²) in [5, 5.41) is 0.876. The lowest BCUT2D eigenvalue weighted by Crippen LogP contribution is -2.04. The quantitative estimate of drug-likeness (QED) is 0.675. The van der Waals surface area contributed by atoms with Crippen LogP contribution >= 0.6 is 0 Å². The number of carbonyl (C=O) groups is 1. The van der Waals surface area contributed by atoms with Crippen LogP contribution < -0.4 is 4.74 Å². The van der Waals surface area contributed by atoms with E-state index in [1.165, 1.54) is 0 Å². The van der Waals surface area contributed by atoms with Crippen molar-refractivity contribution in [3.8, 4) is 5.75 Å². The Hall–Kier alpha value is -2.75. The third-order valence-corrected chi connectivity index (χ3v) is 3.36. The van der Waals surface area contributed by atoms with Crippen LogP contribution in [0.2, 0.25) is 0 Å². The van der Waals surface area contributed by atoms with Crippen molar-refractivity contribution in [1.82, 2.24) is 4.98 Å². The molecule has 3 rings (SSSR count). The van der Waals surface area contributed by atoms with E-state index in [0.717, 1.165) is 22.2 Å². The first-order chi connectivity index (χ1) is 11.8. The first-order valence-corrected chi connectivity index (χ1v) is 8.23. The highest BCUT2D eigenvalue weighted by atomic mass is 16.5. The molecular weight excluding hydrogens is 302 g/mol. The van der Waals surface area contributed by atoms with E-state index in [0.29, 0.717) is 18.9 Å². The molecule has 0 saturated heterocycles. The number of aromatic nitrogens is 1. The first-order valence-electron chi connectivity index (χ1n) is 8.23. The van der Waals surface area contributed by atoms with E-state index in [4.69, 9.17) is 9.47 Å². The molecule has 2 aromatic carbocycles. The zero-order valence-electron chi connectivity index (χ0n) is 14.3. The molecule has 126 valence electrons. The number of rotatable bonds is 5. The van der Waals surface area contributed by atoms with Gasteiger partial charge in [0.2, 0.25) is 0 Å². The smallest absolute Gasteiger partial charge is 0.354 e. The second kappa shape index (κ2) is 8.77. The average molecular weight is 325 g/mol. The maximum atomic E-state index is 11.8. The van der Waals surface area contributed by atoms with Crippen molar-refractivity contribution in [2.75, 3.05) is 6.61 Å². The summed E-state index contributed by atoms with van der Waals surface area (Å²) in [5.74, 6) is 0.390. The Morgan fingerprint density at radius 1 is 1.04 bits per heavy atom. The maximum absolute atomic E-state index is 11.8. The van der Waals surface area contributed by atoms with Crippen LogP contribution in [0.15, 0.2) is 54.6 Å². The van der Waals surface area contributed by atoms with Gasteiger partial charge in [-0.1, -0.05) is 50.2 Å². The number of hydrogen-bond donors (Lipinski definition) is 1. The van der Waals surface area contributed by atoms with Gasteiger partial charge < -0.3 is 14.5 Å². The summed E-state index contributed by atoms with van der Waals surface area (Å²) in [6.07, 6.45) is 0. The summed E-state index contributed by atoms with van der Waals surface area (Å²) in [5.41, 5.74) is 2.39. The van der Waals surface area contributed by atoms with Gasteiger partial charge >= 0.3 is 5.97 Å². The summed E-state index contributed by atoms with van der Waals surface area (Å²) >= 11 is 0. The van der Waals surface area contributed by atoms with Gasteiger partial charge in [0.1, 0.15) is 18.1 Å². The van der Waals surface area contributed by atoms with Crippen molar-refractivity contribution in [3.05, 3.63) is 65.9 Å². The summed E-state index contributed by atoms with van der Waals surface area (Å²) in [7, 11) is 0. The number of fused-ring (bicyclic) bond motifs is 1. The number of nitrogens with one attached hydrogen (secondary N) is 1. The van der Waals surface area contributed by atoms with Gasteiger partial charge in [-0.3, -0.25) is 0 Å². The van der Waals surface area contributed by atoms with Crippen molar-refractivity contribution < 1.29 is 14.3 Å². The Morgan fingerprint density at radius 2 is 1.79 bits per heavy atom.